The van der Waals surface area contributed by atoms with Gasteiger partial charge in [-0.2, -0.15) is 5.10 Å². The Balaban J connectivity index is 1.48. The number of carbonyl (C=O) groups is 1. The summed E-state index contributed by atoms with van der Waals surface area (Å²) in [4.78, 5) is 16.4. The lowest BCUT2D eigenvalue weighted by Gasteiger charge is -2.14. The first-order valence-corrected chi connectivity index (χ1v) is 8.77. The number of fused-ring (bicyclic) bond motifs is 1. The summed E-state index contributed by atoms with van der Waals surface area (Å²) in [5.74, 6) is 0.669. The van der Waals surface area contributed by atoms with Gasteiger partial charge in [0, 0.05) is 18.0 Å². The maximum Gasteiger partial charge on any atom is 0.319 e. The minimum Gasteiger partial charge on any atom is -0.491 e. The third-order valence-electron chi connectivity index (χ3n) is 3.86. The molecule has 8 nitrogen and oxygen atoms in total. The normalized spacial score (nSPS) is 12.1. The summed E-state index contributed by atoms with van der Waals surface area (Å²) in [5.41, 5.74) is 1.32. The number of ether oxygens (including phenoxy) is 1. The predicted octanol–water partition coefficient (Wildman–Crippen LogP) is 2.57. The van der Waals surface area contributed by atoms with Gasteiger partial charge in [0.05, 0.1) is 18.1 Å². The van der Waals surface area contributed by atoms with Gasteiger partial charge in [0.25, 0.3) is 0 Å². The van der Waals surface area contributed by atoms with Crippen LogP contribution in [0.15, 0.2) is 48.8 Å². The molecule has 142 valence electrons. The van der Waals surface area contributed by atoms with Crippen LogP contribution in [-0.2, 0) is 0 Å². The third-order valence-corrected chi connectivity index (χ3v) is 3.86. The Kier molecular flexibility index (Phi) is 5.87. The van der Waals surface area contributed by atoms with E-state index < -0.39 is 12.1 Å². The summed E-state index contributed by atoms with van der Waals surface area (Å²) in [5, 5.41) is 20.4. The number of benzene rings is 1. The number of hydrogen-bond acceptors (Lipinski definition) is 5. The largest absolute Gasteiger partial charge is 0.491 e. The zero-order valence-electron chi connectivity index (χ0n) is 15.3. The van der Waals surface area contributed by atoms with Gasteiger partial charge in [-0.3, -0.25) is 0 Å². The number of pyridine rings is 1. The van der Waals surface area contributed by atoms with Crippen LogP contribution in [0.25, 0.3) is 11.0 Å². The number of aliphatic hydroxyl groups excluding tert-OH is 1. The molecule has 3 rings (SSSR count). The van der Waals surface area contributed by atoms with E-state index in [9.17, 15) is 9.90 Å². The molecule has 0 aliphatic rings. The van der Waals surface area contributed by atoms with Gasteiger partial charge in [0.2, 0.25) is 0 Å². The van der Waals surface area contributed by atoms with Gasteiger partial charge in [-0.05, 0) is 32.0 Å². The van der Waals surface area contributed by atoms with Crippen LogP contribution in [0.2, 0.25) is 0 Å². The van der Waals surface area contributed by atoms with E-state index in [1.165, 1.54) is 0 Å². The van der Waals surface area contributed by atoms with Crippen molar-refractivity contribution in [2.24, 2.45) is 0 Å². The number of aliphatic hydroxyl groups is 1. The van der Waals surface area contributed by atoms with E-state index in [-0.39, 0.29) is 19.2 Å². The SMILES string of the molecule is CC(C)n1ncc2cc(NC(=O)NCC(O)COc3ccccc3)cnc21. The minimum absolute atomic E-state index is 0.0691. The monoisotopic (exact) mass is 369 g/mol. The molecular weight excluding hydrogens is 346 g/mol. The Morgan fingerprint density at radius 2 is 2.04 bits per heavy atom. The zero-order chi connectivity index (χ0) is 19.2. The number of nitrogens with zero attached hydrogens (tertiary/aromatic N) is 3. The molecule has 8 heteroatoms. The minimum atomic E-state index is -0.819. The third kappa shape index (κ3) is 4.95. The summed E-state index contributed by atoms with van der Waals surface area (Å²) in [7, 11) is 0. The molecule has 0 aliphatic carbocycles. The highest BCUT2D eigenvalue weighted by molar-refractivity contribution is 5.91. The average Bonchev–Trinajstić information content (AvgIpc) is 3.09. The fourth-order valence-corrected chi connectivity index (χ4v) is 2.54. The summed E-state index contributed by atoms with van der Waals surface area (Å²) in [6.45, 7) is 4.22. The molecule has 1 aromatic carbocycles. The number of rotatable bonds is 7. The lowest BCUT2D eigenvalue weighted by molar-refractivity contribution is 0.108. The second kappa shape index (κ2) is 8.50. The van der Waals surface area contributed by atoms with Gasteiger partial charge in [0.1, 0.15) is 18.5 Å². The van der Waals surface area contributed by atoms with Crippen LogP contribution in [0.3, 0.4) is 0 Å². The number of para-hydroxylation sites is 1. The van der Waals surface area contributed by atoms with Gasteiger partial charge in [0.15, 0.2) is 5.65 Å². The Hall–Kier alpha value is -3.13. The van der Waals surface area contributed by atoms with Crippen LogP contribution in [-0.4, -0.2) is 45.2 Å². The van der Waals surface area contributed by atoms with Gasteiger partial charge >= 0.3 is 6.03 Å². The van der Waals surface area contributed by atoms with Gasteiger partial charge in [-0.25, -0.2) is 14.5 Å². The average molecular weight is 369 g/mol. The van der Waals surface area contributed by atoms with Crippen molar-refractivity contribution in [2.45, 2.75) is 26.0 Å². The molecule has 3 aromatic rings. The van der Waals surface area contributed by atoms with Crippen LogP contribution < -0.4 is 15.4 Å². The number of hydrogen-bond donors (Lipinski definition) is 3. The van der Waals surface area contributed by atoms with Gasteiger partial charge < -0.3 is 20.5 Å². The highest BCUT2D eigenvalue weighted by atomic mass is 16.5. The number of carbonyl (C=O) groups excluding carboxylic acids is 1. The smallest absolute Gasteiger partial charge is 0.319 e. The Bertz CT molecular complexity index is 895. The number of urea groups is 1. The fraction of sp³-hybridized carbons (Fsp3) is 0.316. The summed E-state index contributed by atoms with van der Waals surface area (Å²) >= 11 is 0. The second-order valence-electron chi connectivity index (χ2n) is 6.43. The fourth-order valence-electron chi connectivity index (χ4n) is 2.54. The quantitative estimate of drug-likeness (QED) is 0.594. The molecule has 0 saturated heterocycles. The van der Waals surface area contributed by atoms with Crippen LogP contribution in [0.1, 0.15) is 19.9 Å². The van der Waals surface area contributed by atoms with Crippen molar-refractivity contribution in [2.75, 3.05) is 18.5 Å². The van der Waals surface area contributed by atoms with Crippen molar-refractivity contribution in [3.05, 3.63) is 48.8 Å². The summed E-state index contributed by atoms with van der Waals surface area (Å²) < 4.78 is 7.27. The molecular formula is C19H23N5O3. The van der Waals surface area contributed by atoms with Crippen molar-refractivity contribution in [1.82, 2.24) is 20.1 Å². The molecule has 1 atom stereocenters. The Morgan fingerprint density at radius 1 is 1.26 bits per heavy atom. The van der Waals surface area contributed by atoms with E-state index >= 15 is 0 Å². The van der Waals surface area contributed by atoms with E-state index in [2.05, 4.69) is 20.7 Å². The zero-order valence-corrected chi connectivity index (χ0v) is 15.3. The maximum atomic E-state index is 12.0. The maximum absolute atomic E-state index is 12.0. The van der Waals surface area contributed by atoms with Crippen molar-refractivity contribution < 1.29 is 14.6 Å². The standard InChI is InChI=1S/C19H23N5O3/c1-13(2)24-18-14(9-22-24)8-15(10-20-18)23-19(26)21-11-16(25)12-27-17-6-4-3-5-7-17/h3-10,13,16,25H,11-12H2,1-2H3,(H2,21,23,26). The highest BCUT2D eigenvalue weighted by Crippen LogP contribution is 2.18. The Labute approximate surface area is 157 Å². The molecule has 0 spiro atoms. The van der Waals surface area contributed by atoms with E-state index in [4.69, 9.17) is 4.74 Å². The molecule has 0 fully saturated rings. The van der Waals surface area contributed by atoms with Crippen molar-refractivity contribution in [1.29, 1.82) is 0 Å². The first kappa shape index (κ1) is 18.7. The lowest BCUT2D eigenvalue weighted by atomic mass is 10.3. The molecule has 2 heterocycles. The predicted molar refractivity (Wildman–Crippen MR) is 103 cm³/mol. The lowest BCUT2D eigenvalue weighted by Crippen LogP contribution is -2.37. The van der Waals surface area contributed by atoms with E-state index in [1.54, 1.807) is 24.5 Å². The first-order valence-electron chi connectivity index (χ1n) is 8.77. The summed E-state index contributed by atoms with van der Waals surface area (Å²) in [6, 6.07) is 10.8. The molecule has 2 amide bonds. The number of anilines is 1. The van der Waals surface area contributed by atoms with Crippen molar-refractivity contribution in [3.8, 4) is 5.75 Å². The molecule has 0 bridgehead atoms. The highest BCUT2D eigenvalue weighted by Gasteiger charge is 2.11. The van der Waals surface area contributed by atoms with E-state index in [0.717, 1.165) is 11.0 Å². The van der Waals surface area contributed by atoms with E-state index in [0.29, 0.717) is 11.4 Å². The number of amides is 2. The summed E-state index contributed by atoms with van der Waals surface area (Å²) in [6.07, 6.45) is 2.48. The molecule has 0 saturated carbocycles. The van der Waals surface area contributed by atoms with Crippen LogP contribution in [0, 0.1) is 0 Å². The Morgan fingerprint density at radius 3 is 2.78 bits per heavy atom. The van der Waals surface area contributed by atoms with Gasteiger partial charge in [-0.15, -0.1) is 0 Å². The van der Waals surface area contributed by atoms with E-state index in [1.807, 2.05) is 42.8 Å². The number of nitrogens with one attached hydrogen (secondary N) is 2. The van der Waals surface area contributed by atoms with Crippen LogP contribution >= 0.6 is 0 Å². The van der Waals surface area contributed by atoms with Crippen LogP contribution in [0.4, 0.5) is 10.5 Å². The molecule has 0 radical (unpaired) electrons. The van der Waals surface area contributed by atoms with Crippen molar-refractivity contribution in [3.63, 3.8) is 0 Å². The number of aromatic nitrogens is 3. The van der Waals surface area contributed by atoms with Gasteiger partial charge in [-0.1, -0.05) is 18.2 Å². The molecule has 27 heavy (non-hydrogen) atoms. The van der Waals surface area contributed by atoms with Crippen molar-refractivity contribution >= 4 is 22.8 Å². The molecule has 3 N–H and O–H groups in total. The first-order chi connectivity index (χ1) is 13.0. The molecule has 2 aromatic heterocycles. The van der Waals surface area contributed by atoms with Crippen LogP contribution in [0.5, 0.6) is 5.75 Å². The topological polar surface area (TPSA) is 101 Å². The molecule has 1 unspecified atom stereocenters. The molecule has 0 aliphatic heterocycles. The second-order valence-corrected chi connectivity index (χ2v) is 6.43.